The van der Waals surface area contributed by atoms with Gasteiger partial charge in [-0.3, -0.25) is 14.4 Å². The number of carbonyl (C=O) groups is 3. The molecule has 41 heavy (non-hydrogen) atoms. The average molecular weight is 587 g/mol. The maximum absolute atomic E-state index is 11.4. The SMILES string of the molecule is CC1CCCN(NC2=C/C(=C/O)C(=O)NN=C2)C1.CN1CCC(c2nc3ccccc3s2)CC1.COC.O=CC=O. The zero-order valence-corrected chi connectivity index (χ0v) is 25.1. The third-order valence-corrected chi connectivity index (χ3v) is 7.66. The van der Waals surface area contributed by atoms with Crippen LogP contribution in [0.1, 0.15) is 43.5 Å². The van der Waals surface area contributed by atoms with Crippen molar-refractivity contribution in [2.45, 2.75) is 38.5 Å². The number of hydrogen-bond donors (Lipinski definition) is 3. The number of rotatable bonds is 4. The van der Waals surface area contributed by atoms with E-state index < -0.39 is 5.91 Å². The lowest BCUT2D eigenvalue weighted by molar-refractivity contribution is -0.122. The minimum atomic E-state index is -0.419. The molecule has 1 amide bonds. The lowest BCUT2D eigenvalue weighted by atomic mass is 9.98. The number of likely N-dealkylation sites (tertiary alicyclic amines) is 1. The summed E-state index contributed by atoms with van der Waals surface area (Å²) in [5, 5.41) is 16.2. The lowest BCUT2D eigenvalue weighted by Gasteiger charge is -2.31. The number of nitrogens with one attached hydrogen (secondary N) is 2. The molecule has 11 nitrogen and oxygen atoms in total. The maximum atomic E-state index is 11.4. The third-order valence-electron chi connectivity index (χ3n) is 6.46. The highest BCUT2D eigenvalue weighted by Gasteiger charge is 2.21. The molecule has 3 aliphatic heterocycles. The maximum Gasteiger partial charge on any atom is 0.274 e. The van der Waals surface area contributed by atoms with Crippen molar-refractivity contribution >= 4 is 46.2 Å². The van der Waals surface area contributed by atoms with Gasteiger partial charge in [-0.2, -0.15) is 5.10 Å². The molecule has 5 rings (SSSR count). The van der Waals surface area contributed by atoms with E-state index in [1.165, 1.54) is 53.8 Å². The van der Waals surface area contributed by atoms with Crippen LogP contribution in [0.15, 0.2) is 53.0 Å². The first-order chi connectivity index (χ1) is 19.8. The number of methoxy groups -OCH3 is 1. The first-order valence-corrected chi connectivity index (χ1v) is 14.4. The number of carbonyl (C=O) groups excluding carboxylic acids is 3. The van der Waals surface area contributed by atoms with Crippen molar-refractivity contribution in [1.82, 2.24) is 25.7 Å². The van der Waals surface area contributed by atoms with Crippen LogP contribution in [-0.4, -0.2) is 92.1 Å². The van der Waals surface area contributed by atoms with Crippen LogP contribution in [0.2, 0.25) is 0 Å². The van der Waals surface area contributed by atoms with E-state index in [1.54, 1.807) is 20.3 Å². The van der Waals surface area contributed by atoms with Crippen molar-refractivity contribution in [1.29, 1.82) is 0 Å². The van der Waals surface area contributed by atoms with Gasteiger partial charge >= 0.3 is 0 Å². The Morgan fingerprint density at radius 1 is 1.12 bits per heavy atom. The number of aliphatic hydroxyl groups is 1. The monoisotopic (exact) mass is 586 g/mol. The molecule has 2 aromatic rings. The van der Waals surface area contributed by atoms with E-state index >= 15 is 0 Å². The number of thiazole rings is 1. The topological polar surface area (TPSA) is 136 Å². The number of piperidine rings is 2. The predicted octanol–water partition coefficient (Wildman–Crippen LogP) is 3.42. The molecular formula is C29H42N6O5S. The van der Waals surface area contributed by atoms with Gasteiger partial charge in [0.15, 0.2) is 12.6 Å². The van der Waals surface area contributed by atoms with Crippen molar-refractivity contribution in [2.24, 2.45) is 11.0 Å². The Kier molecular flexibility index (Phi) is 15.5. The van der Waals surface area contributed by atoms with Crippen LogP contribution in [0, 0.1) is 5.92 Å². The largest absolute Gasteiger partial charge is 0.515 e. The van der Waals surface area contributed by atoms with Crippen LogP contribution in [0.3, 0.4) is 0 Å². The van der Waals surface area contributed by atoms with Gasteiger partial charge in [-0.15, -0.1) is 11.3 Å². The lowest BCUT2D eigenvalue weighted by Crippen LogP contribution is -2.44. The number of para-hydroxylation sites is 1. The minimum Gasteiger partial charge on any atom is -0.515 e. The van der Waals surface area contributed by atoms with Crippen molar-refractivity contribution in [3.8, 4) is 0 Å². The van der Waals surface area contributed by atoms with Gasteiger partial charge in [0.25, 0.3) is 5.91 Å². The molecule has 224 valence electrons. The second-order valence-corrected chi connectivity index (χ2v) is 11.0. The Bertz CT molecular complexity index is 1150. The molecule has 0 radical (unpaired) electrons. The van der Waals surface area contributed by atoms with Crippen LogP contribution in [0.4, 0.5) is 0 Å². The molecule has 0 aliphatic carbocycles. The molecule has 1 aromatic heterocycles. The average Bonchev–Trinajstić information content (AvgIpc) is 3.33. The molecule has 3 N–H and O–H groups in total. The fourth-order valence-electron chi connectivity index (χ4n) is 4.45. The van der Waals surface area contributed by atoms with Crippen LogP contribution in [-0.2, 0) is 19.1 Å². The molecule has 0 spiro atoms. The highest BCUT2D eigenvalue weighted by molar-refractivity contribution is 7.18. The highest BCUT2D eigenvalue weighted by atomic mass is 32.1. The van der Waals surface area contributed by atoms with Gasteiger partial charge in [-0.1, -0.05) is 19.1 Å². The second kappa shape index (κ2) is 18.8. The fourth-order valence-corrected chi connectivity index (χ4v) is 5.58. The zero-order chi connectivity index (χ0) is 30.0. The predicted molar refractivity (Wildman–Crippen MR) is 163 cm³/mol. The Hall–Kier alpha value is -3.45. The van der Waals surface area contributed by atoms with Gasteiger partial charge < -0.3 is 20.2 Å². The first kappa shape index (κ1) is 33.8. The molecule has 2 fully saturated rings. The number of hydrogen-bond acceptors (Lipinski definition) is 11. The van der Waals surface area contributed by atoms with Gasteiger partial charge in [0.2, 0.25) is 0 Å². The van der Waals surface area contributed by atoms with Gasteiger partial charge in [0, 0.05) is 33.2 Å². The normalized spacial score (nSPS) is 20.6. The minimum absolute atomic E-state index is 0.181. The number of aliphatic hydroxyl groups excluding tert-OH is 1. The molecule has 12 heteroatoms. The van der Waals surface area contributed by atoms with E-state index in [2.05, 4.69) is 68.8 Å². The van der Waals surface area contributed by atoms with Crippen LogP contribution < -0.4 is 10.9 Å². The number of hydrazine groups is 1. The number of hydrazone groups is 1. The summed E-state index contributed by atoms with van der Waals surface area (Å²) in [5.74, 6) is 0.924. The van der Waals surface area contributed by atoms with E-state index in [1.807, 2.05) is 11.3 Å². The Morgan fingerprint density at radius 2 is 1.80 bits per heavy atom. The summed E-state index contributed by atoms with van der Waals surface area (Å²) in [4.78, 5) is 36.2. The number of amides is 1. The Labute approximate surface area is 245 Å². The number of benzene rings is 1. The van der Waals surface area contributed by atoms with E-state index in [0.29, 0.717) is 17.5 Å². The van der Waals surface area contributed by atoms with Crippen LogP contribution in [0.5, 0.6) is 0 Å². The summed E-state index contributed by atoms with van der Waals surface area (Å²) in [6.07, 6.45) is 9.20. The first-order valence-electron chi connectivity index (χ1n) is 13.6. The molecule has 2 saturated heterocycles. The van der Waals surface area contributed by atoms with Crippen molar-refractivity contribution in [3.63, 3.8) is 0 Å². The molecule has 4 heterocycles. The van der Waals surface area contributed by atoms with Crippen molar-refractivity contribution in [2.75, 3.05) is 47.4 Å². The number of nitrogens with zero attached hydrogens (tertiary/aromatic N) is 4. The zero-order valence-electron chi connectivity index (χ0n) is 24.3. The van der Waals surface area contributed by atoms with Gasteiger partial charge in [-0.25, -0.2) is 15.4 Å². The van der Waals surface area contributed by atoms with E-state index in [-0.39, 0.29) is 18.1 Å². The Balaban J connectivity index is 0.000000235. The smallest absolute Gasteiger partial charge is 0.274 e. The molecule has 1 unspecified atom stereocenters. The Morgan fingerprint density at radius 3 is 2.41 bits per heavy atom. The summed E-state index contributed by atoms with van der Waals surface area (Å²) < 4.78 is 5.58. The molecule has 1 aromatic carbocycles. The number of fused-ring (bicyclic) bond motifs is 1. The quantitative estimate of drug-likeness (QED) is 0.213. The van der Waals surface area contributed by atoms with E-state index in [0.717, 1.165) is 25.8 Å². The number of aldehydes is 2. The van der Waals surface area contributed by atoms with Gasteiger partial charge in [-0.05, 0) is 69.9 Å². The molecule has 1 atom stereocenters. The molecule has 0 saturated carbocycles. The summed E-state index contributed by atoms with van der Waals surface area (Å²) in [7, 11) is 5.45. The number of allylic oxidation sites excluding steroid dienone is 1. The van der Waals surface area contributed by atoms with Crippen molar-refractivity contribution in [3.05, 3.63) is 52.9 Å². The van der Waals surface area contributed by atoms with Gasteiger partial charge in [0.05, 0.1) is 39.0 Å². The molecule has 0 bridgehead atoms. The molecule has 3 aliphatic rings. The van der Waals surface area contributed by atoms with Crippen LogP contribution >= 0.6 is 11.3 Å². The van der Waals surface area contributed by atoms with Crippen LogP contribution in [0.25, 0.3) is 10.2 Å². The summed E-state index contributed by atoms with van der Waals surface area (Å²) in [6.45, 7) is 6.56. The molecular weight excluding hydrogens is 544 g/mol. The number of ether oxygens (including phenoxy) is 1. The second-order valence-electron chi connectivity index (χ2n) is 9.97. The number of aromatic nitrogens is 1. The summed E-state index contributed by atoms with van der Waals surface area (Å²) in [6, 6.07) is 8.45. The highest BCUT2D eigenvalue weighted by Crippen LogP contribution is 2.33. The third kappa shape index (κ3) is 11.9. The standard InChI is InChI=1S/C13H16N2S.C12H18N4O2.C2H2O2.C2H6O/c1-15-8-6-10(7-9-15)13-14-11-4-2-3-5-12(11)16-13;1-9-3-2-4-16(7-9)15-11-5-10(8-17)12(18)14-13-6-11;3-1-2-4;1-3-2/h2-5,10H,6-9H2,1H3;5-6,8-9,15,17H,2-4,7H2,1H3,(H,14,18);1-2H;1-2H3/b;10-8-;;. The summed E-state index contributed by atoms with van der Waals surface area (Å²) in [5.41, 5.74) is 7.56. The van der Waals surface area contributed by atoms with Crippen molar-refractivity contribution < 1.29 is 24.2 Å². The summed E-state index contributed by atoms with van der Waals surface area (Å²) >= 11 is 1.88. The fraction of sp³-hybridized carbons (Fsp3) is 0.483. The van der Waals surface area contributed by atoms with E-state index in [9.17, 15) is 4.79 Å². The van der Waals surface area contributed by atoms with E-state index in [4.69, 9.17) is 19.7 Å². The van der Waals surface area contributed by atoms with Gasteiger partial charge in [0.1, 0.15) is 0 Å².